The molecule has 1 fully saturated rings. The van der Waals surface area contributed by atoms with E-state index in [9.17, 15) is 14.7 Å². The van der Waals surface area contributed by atoms with Crippen LogP contribution in [0.15, 0.2) is 63.6 Å². The largest absolute Gasteiger partial charge is 0.503 e. The predicted octanol–water partition coefficient (Wildman–Crippen LogP) is 3.40. The van der Waals surface area contributed by atoms with Crippen LogP contribution in [-0.4, -0.2) is 66.0 Å². The number of morpholine rings is 1. The Morgan fingerprint density at radius 1 is 1.13 bits per heavy atom. The molecule has 0 spiro atoms. The molecule has 1 N–H and O–H groups in total. The Morgan fingerprint density at radius 3 is 2.68 bits per heavy atom. The number of hydrogen-bond donors (Lipinski definition) is 1. The van der Waals surface area contributed by atoms with Gasteiger partial charge < -0.3 is 19.2 Å². The highest BCUT2D eigenvalue weighted by atomic mass is 32.1. The molecule has 1 atom stereocenters. The average Bonchev–Trinajstić information content (AvgIpc) is 3.52. The number of furan rings is 1. The van der Waals surface area contributed by atoms with E-state index in [1.165, 1.54) is 11.3 Å². The van der Waals surface area contributed by atoms with Crippen LogP contribution in [0, 0.1) is 0 Å². The zero-order chi connectivity index (χ0) is 21.4. The summed E-state index contributed by atoms with van der Waals surface area (Å²) in [6, 6.07) is 12.1. The Labute approximate surface area is 183 Å². The maximum Gasteiger partial charge on any atom is 0.290 e. The molecule has 0 aliphatic carbocycles. The fourth-order valence-electron chi connectivity index (χ4n) is 4.16. The lowest BCUT2D eigenvalue weighted by Crippen LogP contribution is -2.43. The number of carbonyl (C=O) groups excluding carboxylic acids is 2. The lowest BCUT2D eigenvalue weighted by atomic mass is 10.00. The standard InChI is InChI=1S/C23H22N2O5S/c26-21(17-14-15-4-1-2-5-16(15)30-17)19-20(18-6-3-13-31-18)25(23(28)22(19)27)8-7-24-9-11-29-12-10-24/h1-6,13-14,20,27H,7-12H2/t20-/m0/s1. The van der Waals surface area contributed by atoms with Crippen LogP contribution in [0.25, 0.3) is 11.0 Å². The summed E-state index contributed by atoms with van der Waals surface area (Å²) < 4.78 is 11.1. The first-order valence-electron chi connectivity index (χ1n) is 10.2. The van der Waals surface area contributed by atoms with Crippen LogP contribution in [-0.2, 0) is 9.53 Å². The van der Waals surface area contributed by atoms with Crippen molar-refractivity contribution in [2.24, 2.45) is 0 Å². The third kappa shape index (κ3) is 3.67. The number of fused-ring (bicyclic) bond motifs is 1. The summed E-state index contributed by atoms with van der Waals surface area (Å²) in [5.41, 5.74) is 0.667. The zero-order valence-electron chi connectivity index (χ0n) is 16.8. The second-order valence-corrected chi connectivity index (χ2v) is 8.59. The van der Waals surface area contributed by atoms with Crippen molar-refractivity contribution in [1.82, 2.24) is 9.80 Å². The minimum atomic E-state index is -0.630. The van der Waals surface area contributed by atoms with E-state index in [0.29, 0.717) is 31.9 Å². The van der Waals surface area contributed by atoms with Crippen molar-refractivity contribution in [3.05, 3.63) is 69.8 Å². The number of Topliss-reactive ketones (excluding diaryl/α,β-unsaturated/α-hetero) is 1. The number of amides is 1. The monoisotopic (exact) mass is 438 g/mol. The Bertz CT molecular complexity index is 1110. The number of benzene rings is 1. The molecule has 1 amide bonds. The maximum absolute atomic E-state index is 13.4. The van der Waals surface area contributed by atoms with Crippen molar-refractivity contribution < 1.29 is 23.8 Å². The van der Waals surface area contributed by atoms with Gasteiger partial charge in [0.2, 0.25) is 5.78 Å². The van der Waals surface area contributed by atoms with Gasteiger partial charge in [-0.25, -0.2) is 0 Å². The van der Waals surface area contributed by atoms with Gasteiger partial charge in [0, 0.05) is 36.4 Å². The average molecular weight is 439 g/mol. The number of ketones is 1. The maximum atomic E-state index is 13.4. The molecule has 0 unspecified atom stereocenters. The summed E-state index contributed by atoms with van der Waals surface area (Å²) in [5.74, 6) is -1.36. The Morgan fingerprint density at radius 2 is 1.94 bits per heavy atom. The van der Waals surface area contributed by atoms with Crippen molar-refractivity contribution in [1.29, 1.82) is 0 Å². The van der Waals surface area contributed by atoms with Crippen LogP contribution in [0.3, 0.4) is 0 Å². The zero-order valence-corrected chi connectivity index (χ0v) is 17.6. The van der Waals surface area contributed by atoms with Crippen LogP contribution < -0.4 is 0 Å². The molecule has 7 nitrogen and oxygen atoms in total. The molecule has 5 rings (SSSR count). The van der Waals surface area contributed by atoms with E-state index in [1.54, 1.807) is 17.0 Å². The first kappa shape index (κ1) is 20.0. The first-order chi connectivity index (χ1) is 15.1. The van der Waals surface area contributed by atoms with E-state index in [1.807, 2.05) is 35.7 Å². The molecule has 1 saturated heterocycles. The quantitative estimate of drug-likeness (QED) is 0.594. The molecule has 0 radical (unpaired) electrons. The smallest absolute Gasteiger partial charge is 0.290 e. The molecule has 160 valence electrons. The normalized spacial score (nSPS) is 20.2. The highest BCUT2D eigenvalue weighted by Crippen LogP contribution is 2.41. The van der Waals surface area contributed by atoms with Gasteiger partial charge in [0.15, 0.2) is 11.5 Å². The van der Waals surface area contributed by atoms with E-state index in [4.69, 9.17) is 9.15 Å². The molecular formula is C23H22N2O5S. The lowest BCUT2D eigenvalue weighted by molar-refractivity contribution is -0.129. The van der Waals surface area contributed by atoms with E-state index in [2.05, 4.69) is 4.90 Å². The molecular weight excluding hydrogens is 416 g/mol. The van der Waals surface area contributed by atoms with Gasteiger partial charge in [-0.05, 0) is 23.6 Å². The van der Waals surface area contributed by atoms with Crippen molar-refractivity contribution in [2.45, 2.75) is 6.04 Å². The van der Waals surface area contributed by atoms with E-state index in [-0.39, 0.29) is 11.3 Å². The molecule has 2 aliphatic rings. The molecule has 0 bridgehead atoms. The van der Waals surface area contributed by atoms with Gasteiger partial charge in [0.25, 0.3) is 5.91 Å². The third-order valence-corrected chi connectivity index (χ3v) is 6.70. The Kier molecular flexibility index (Phi) is 5.35. The number of rotatable bonds is 6. The minimum Gasteiger partial charge on any atom is -0.503 e. The molecule has 31 heavy (non-hydrogen) atoms. The number of aliphatic hydroxyl groups excluding tert-OH is 1. The fourth-order valence-corrected chi connectivity index (χ4v) is 5.00. The van der Waals surface area contributed by atoms with E-state index < -0.39 is 23.5 Å². The van der Waals surface area contributed by atoms with Crippen LogP contribution in [0.2, 0.25) is 0 Å². The summed E-state index contributed by atoms with van der Waals surface area (Å²) in [4.78, 5) is 31.1. The van der Waals surface area contributed by atoms with Crippen molar-refractivity contribution in [3.63, 3.8) is 0 Å². The highest BCUT2D eigenvalue weighted by Gasteiger charge is 2.45. The van der Waals surface area contributed by atoms with Crippen LogP contribution in [0.1, 0.15) is 21.5 Å². The van der Waals surface area contributed by atoms with Gasteiger partial charge in [0.1, 0.15) is 5.58 Å². The molecule has 2 aromatic heterocycles. The topological polar surface area (TPSA) is 83.2 Å². The minimum absolute atomic E-state index is 0.0773. The van der Waals surface area contributed by atoms with Gasteiger partial charge in [-0.1, -0.05) is 24.3 Å². The molecule has 2 aliphatic heterocycles. The molecule has 3 aromatic rings. The van der Waals surface area contributed by atoms with E-state index >= 15 is 0 Å². The first-order valence-corrected chi connectivity index (χ1v) is 11.1. The second kappa shape index (κ2) is 8.30. The third-order valence-electron chi connectivity index (χ3n) is 5.77. The number of ether oxygens (including phenoxy) is 1. The lowest BCUT2D eigenvalue weighted by Gasteiger charge is -2.31. The summed E-state index contributed by atoms with van der Waals surface area (Å²) in [6.45, 7) is 3.99. The van der Waals surface area contributed by atoms with Gasteiger partial charge >= 0.3 is 0 Å². The molecule has 1 aromatic carbocycles. The van der Waals surface area contributed by atoms with Crippen molar-refractivity contribution in [3.8, 4) is 0 Å². The van der Waals surface area contributed by atoms with E-state index in [0.717, 1.165) is 23.4 Å². The molecule has 8 heteroatoms. The summed E-state index contributed by atoms with van der Waals surface area (Å²) >= 11 is 1.46. The SMILES string of the molecule is O=C(C1=C(O)C(=O)N(CCN2CCOCC2)[C@H]1c1cccs1)c1cc2ccccc2o1. The fraction of sp³-hybridized carbons (Fsp3) is 0.304. The van der Waals surface area contributed by atoms with Crippen LogP contribution >= 0.6 is 11.3 Å². The van der Waals surface area contributed by atoms with Gasteiger partial charge in [-0.2, -0.15) is 0 Å². The Hall–Kier alpha value is -2.94. The second-order valence-electron chi connectivity index (χ2n) is 7.61. The summed E-state index contributed by atoms with van der Waals surface area (Å²) in [5, 5.41) is 13.4. The number of hydrogen-bond acceptors (Lipinski definition) is 7. The number of aliphatic hydroxyl groups is 1. The van der Waals surface area contributed by atoms with Crippen molar-refractivity contribution >= 4 is 34.0 Å². The summed E-state index contributed by atoms with van der Waals surface area (Å²) in [6.07, 6.45) is 0. The molecule has 0 saturated carbocycles. The predicted molar refractivity (Wildman–Crippen MR) is 116 cm³/mol. The Balaban J connectivity index is 1.47. The summed E-state index contributed by atoms with van der Waals surface area (Å²) in [7, 11) is 0. The highest BCUT2D eigenvalue weighted by molar-refractivity contribution is 7.10. The van der Waals surface area contributed by atoms with Crippen LogP contribution in [0.5, 0.6) is 0 Å². The number of para-hydroxylation sites is 1. The number of carbonyl (C=O) groups is 2. The van der Waals surface area contributed by atoms with Gasteiger partial charge in [0.05, 0.1) is 24.8 Å². The van der Waals surface area contributed by atoms with Crippen LogP contribution in [0.4, 0.5) is 0 Å². The van der Waals surface area contributed by atoms with Gasteiger partial charge in [-0.15, -0.1) is 11.3 Å². The van der Waals surface area contributed by atoms with Gasteiger partial charge in [-0.3, -0.25) is 14.5 Å². The number of nitrogens with zero attached hydrogens (tertiary/aromatic N) is 2. The molecule has 4 heterocycles. The van der Waals surface area contributed by atoms with Crippen molar-refractivity contribution in [2.75, 3.05) is 39.4 Å². The number of thiophene rings is 1.